The van der Waals surface area contributed by atoms with E-state index < -0.39 is 10.0 Å². The van der Waals surface area contributed by atoms with Crippen molar-refractivity contribution in [3.05, 3.63) is 60.2 Å². The summed E-state index contributed by atoms with van der Waals surface area (Å²) in [7, 11) is -3.69. The van der Waals surface area contributed by atoms with Crippen LogP contribution in [0.25, 0.3) is 0 Å². The summed E-state index contributed by atoms with van der Waals surface area (Å²) < 4.78 is 22.5. The molecule has 1 aliphatic heterocycles. The molecule has 0 unspecified atom stereocenters. The van der Waals surface area contributed by atoms with E-state index in [1.54, 1.807) is 12.1 Å². The minimum atomic E-state index is -3.69. The molecule has 1 aliphatic rings. The Kier molecular flexibility index (Phi) is 6.66. The number of sulfonamides is 1. The molecular formula is C20H26N4O3S. The highest BCUT2D eigenvalue weighted by molar-refractivity contribution is 7.89. The molecule has 28 heavy (non-hydrogen) atoms. The maximum atomic E-state index is 12.1. The number of primary sulfonamides is 1. The van der Waals surface area contributed by atoms with Gasteiger partial charge in [-0.15, -0.1) is 0 Å². The second kappa shape index (κ2) is 9.18. The van der Waals surface area contributed by atoms with E-state index in [0.29, 0.717) is 13.0 Å². The maximum absolute atomic E-state index is 12.1. The summed E-state index contributed by atoms with van der Waals surface area (Å²) in [6.45, 7) is 4.91. The van der Waals surface area contributed by atoms with Crippen LogP contribution < -0.4 is 15.4 Å². The molecule has 0 spiro atoms. The molecule has 0 aromatic heterocycles. The van der Waals surface area contributed by atoms with Gasteiger partial charge in [-0.2, -0.15) is 0 Å². The lowest BCUT2D eigenvalue weighted by Gasteiger charge is -2.36. The largest absolute Gasteiger partial charge is 0.369 e. The fraction of sp³-hybridized carbons (Fsp3) is 0.350. The van der Waals surface area contributed by atoms with Crippen molar-refractivity contribution in [2.75, 3.05) is 37.6 Å². The summed E-state index contributed by atoms with van der Waals surface area (Å²) >= 11 is 0. The highest BCUT2D eigenvalue weighted by Crippen LogP contribution is 2.15. The molecule has 2 aromatic carbocycles. The number of para-hydroxylation sites is 1. The van der Waals surface area contributed by atoms with Crippen LogP contribution in [0.15, 0.2) is 59.5 Å². The second-order valence-corrected chi connectivity index (χ2v) is 8.44. The number of hydrogen-bond donors (Lipinski definition) is 2. The zero-order valence-corrected chi connectivity index (χ0v) is 16.6. The first-order valence-electron chi connectivity index (χ1n) is 9.32. The number of carbonyl (C=O) groups excluding carboxylic acids is 1. The van der Waals surface area contributed by atoms with Gasteiger partial charge in [0, 0.05) is 51.4 Å². The highest BCUT2D eigenvalue weighted by Gasteiger charge is 2.17. The molecule has 150 valence electrons. The van der Waals surface area contributed by atoms with E-state index in [9.17, 15) is 13.2 Å². The normalized spacial score (nSPS) is 15.4. The van der Waals surface area contributed by atoms with Crippen molar-refractivity contribution in [3.8, 4) is 0 Å². The fourth-order valence-electron chi connectivity index (χ4n) is 3.21. The average molecular weight is 403 g/mol. The van der Waals surface area contributed by atoms with Gasteiger partial charge in [0.15, 0.2) is 0 Å². The molecule has 1 fully saturated rings. The predicted octanol–water partition coefficient (Wildman–Crippen LogP) is 1.16. The Morgan fingerprint density at radius 2 is 1.61 bits per heavy atom. The summed E-state index contributed by atoms with van der Waals surface area (Å²) in [6, 6.07) is 16.6. The molecule has 0 bridgehead atoms. The van der Waals surface area contributed by atoms with Gasteiger partial charge in [-0.05, 0) is 29.8 Å². The van der Waals surface area contributed by atoms with Crippen molar-refractivity contribution in [1.82, 2.24) is 10.2 Å². The molecule has 1 heterocycles. The minimum Gasteiger partial charge on any atom is -0.369 e. The number of hydrogen-bond acceptors (Lipinski definition) is 5. The van der Waals surface area contributed by atoms with E-state index in [2.05, 4.69) is 39.4 Å². The highest BCUT2D eigenvalue weighted by atomic mass is 32.2. The van der Waals surface area contributed by atoms with Crippen molar-refractivity contribution >= 4 is 21.6 Å². The summed E-state index contributed by atoms with van der Waals surface area (Å²) in [5.41, 5.74) is 2.07. The lowest BCUT2D eigenvalue weighted by Crippen LogP contribution is -2.47. The van der Waals surface area contributed by atoms with Gasteiger partial charge in [0.1, 0.15) is 0 Å². The van der Waals surface area contributed by atoms with E-state index in [4.69, 9.17) is 5.14 Å². The van der Waals surface area contributed by atoms with E-state index in [1.807, 2.05) is 6.07 Å². The number of benzene rings is 2. The Morgan fingerprint density at radius 1 is 0.964 bits per heavy atom. The first kappa shape index (κ1) is 20.3. The average Bonchev–Trinajstić information content (AvgIpc) is 2.71. The van der Waals surface area contributed by atoms with Gasteiger partial charge in [0.05, 0.1) is 4.90 Å². The SMILES string of the molecule is NS(=O)(=O)c1ccc(CNC(=O)CCN2CCN(c3ccccc3)CC2)cc1. The lowest BCUT2D eigenvalue weighted by molar-refractivity contribution is -0.121. The first-order valence-corrected chi connectivity index (χ1v) is 10.9. The van der Waals surface area contributed by atoms with Gasteiger partial charge in [-0.1, -0.05) is 30.3 Å². The zero-order valence-electron chi connectivity index (χ0n) is 15.8. The molecule has 0 radical (unpaired) electrons. The molecule has 0 aliphatic carbocycles. The quantitative estimate of drug-likeness (QED) is 0.725. The zero-order chi connectivity index (χ0) is 20.0. The van der Waals surface area contributed by atoms with Crippen molar-refractivity contribution < 1.29 is 13.2 Å². The Balaban J connectivity index is 1.37. The summed E-state index contributed by atoms with van der Waals surface area (Å²) in [6.07, 6.45) is 0.445. The van der Waals surface area contributed by atoms with Crippen LogP contribution in [0, 0.1) is 0 Å². The molecule has 1 amide bonds. The number of carbonyl (C=O) groups is 1. The predicted molar refractivity (Wildman–Crippen MR) is 109 cm³/mol. The molecule has 8 heteroatoms. The van der Waals surface area contributed by atoms with E-state index in [0.717, 1.165) is 38.3 Å². The van der Waals surface area contributed by atoms with Crippen molar-refractivity contribution in [2.45, 2.75) is 17.9 Å². The molecule has 0 saturated carbocycles. The molecule has 3 N–H and O–H groups in total. The van der Waals surface area contributed by atoms with E-state index >= 15 is 0 Å². The lowest BCUT2D eigenvalue weighted by atomic mass is 10.2. The molecule has 3 rings (SSSR count). The van der Waals surface area contributed by atoms with E-state index in [1.165, 1.54) is 17.8 Å². The standard InChI is InChI=1S/C20H26N4O3S/c21-28(26,27)19-8-6-17(7-9-19)16-22-20(25)10-11-23-12-14-24(15-13-23)18-4-2-1-3-5-18/h1-9H,10-16H2,(H,22,25)(H2,21,26,27). The van der Waals surface area contributed by atoms with Crippen LogP contribution >= 0.6 is 0 Å². The molecule has 7 nitrogen and oxygen atoms in total. The summed E-state index contributed by atoms with van der Waals surface area (Å²) in [5.74, 6) is -0.0130. The van der Waals surface area contributed by atoms with Crippen molar-refractivity contribution in [3.63, 3.8) is 0 Å². The van der Waals surface area contributed by atoms with Gasteiger partial charge >= 0.3 is 0 Å². The van der Waals surface area contributed by atoms with Gasteiger partial charge in [0.25, 0.3) is 0 Å². The van der Waals surface area contributed by atoms with Gasteiger partial charge in [0.2, 0.25) is 15.9 Å². The van der Waals surface area contributed by atoms with Gasteiger partial charge in [-0.3, -0.25) is 9.69 Å². The fourth-order valence-corrected chi connectivity index (χ4v) is 3.73. The Morgan fingerprint density at radius 3 is 2.21 bits per heavy atom. The first-order chi connectivity index (χ1) is 13.4. The number of anilines is 1. The number of amides is 1. The monoisotopic (exact) mass is 402 g/mol. The Hall–Kier alpha value is -2.42. The van der Waals surface area contributed by atoms with Crippen LogP contribution in [0.4, 0.5) is 5.69 Å². The molecule has 1 saturated heterocycles. The Labute approximate surface area is 166 Å². The van der Waals surface area contributed by atoms with Crippen LogP contribution in [0.2, 0.25) is 0 Å². The van der Waals surface area contributed by atoms with Crippen LogP contribution in [0.3, 0.4) is 0 Å². The third-order valence-corrected chi connectivity index (χ3v) is 5.82. The molecule has 0 atom stereocenters. The maximum Gasteiger partial charge on any atom is 0.238 e. The second-order valence-electron chi connectivity index (χ2n) is 6.88. The number of piperazine rings is 1. The number of nitrogens with zero attached hydrogens (tertiary/aromatic N) is 2. The Bertz CT molecular complexity index is 877. The third kappa shape index (κ3) is 5.79. The number of rotatable bonds is 7. The van der Waals surface area contributed by atoms with Gasteiger partial charge in [-0.25, -0.2) is 13.6 Å². The number of nitrogens with one attached hydrogen (secondary N) is 1. The van der Waals surface area contributed by atoms with Crippen LogP contribution in [-0.4, -0.2) is 51.9 Å². The van der Waals surface area contributed by atoms with Crippen LogP contribution in [-0.2, 0) is 21.4 Å². The van der Waals surface area contributed by atoms with Crippen LogP contribution in [0.1, 0.15) is 12.0 Å². The van der Waals surface area contributed by atoms with Crippen LogP contribution in [0.5, 0.6) is 0 Å². The summed E-state index contributed by atoms with van der Waals surface area (Å²) in [4.78, 5) is 16.8. The number of nitrogens with two attached hydrogens (primary N) is 1. The van der Waals surface area contributed by atoms with E-state index in [-0.39, 0.29) is 10.8 Å². The van der Waals surface area contributed by atoms with Crippen molar-refractivity contribution in [2.24, 2.45) is 5.14 Å². The molecular weight excluding hydrogens is 376 g/mol. The third-order valence-electron chi connectivity index (χ3n) is 4.89. The minimum absolute atomic E-state index is 0.0130. The smallest absolute Gasteiger partial charge is 0.238 e. The summed E-state index contributed by atoms with van der Waals surface area (Å²) in [5, 5.41) is 7.95. The molecule has 2 aromatic rings. The topological polar surface area (TPSA) is 95.7 Å². The van der Waals surface area contributed by atoms with Crippen molar-refractivity contribution in [1.29, 1.82) is 0 Å². The van der Waals surface area contributed by atoms with Gasteiger partial charge < -0.3 is 10.2 Å².